The Balaban J connectivity index is 2.01. The maximum Gasteiger partial charge on any atom is 0.130 e. The number of likely N-dealkylation sites (tertiary alicyclic amines) is 1. The third kappa shape index (κ3) is 4.20. The summed E-state index contributed by atoms with van der Waals surface area (Å²) < 4.78 is 0. The molecular weight excluding hydrogens is 234 g/mol. The van der Waals surface area contributed by atoms with Gasteiger partial charge in [-0.2, -0.15) is 0 Å². The van der Waals surface area contributed by atoms with Gasteiger partial charge < -0.3 is 5.32 Å². The minimum Gasteiger partial charge on any atom is -0.370 e. The van der Waals surface area contributed by atoms with Gasteiger partial charge >= 0.3 is 0 Å². The molecule has 2 heterocycles. The van der Waals surface area contributed by atoms with E-state index in [0.29, 0.717) is 0 Å². The highest BCUT2D eigenvalue weighted by atomic mass is 15.1. The van der Waals surface area contributed by atoms with Crippen molar-refractivity contribution >= 4 is 5.82 Å². The van der Waals surface area contributed by atoms with Crippen LogP contribution in [0.4, 0.5) is 5.82 Å². The van der Waals surface area contributed by atoms with Crippen LogP contribution >= 0.6 is 0 Å². The van der Waals surface area contributed by atoms with E-state index in [9.17, 15) is 0 Å². The molecule has 3 heteroatoms. The van der Waals surface area contributed by atoms with E-state index < -0.39 is 0 Å². The molecule has 0 saturated carbocycles. The van der Waals surface area contributed by atoms with Crippen molar-refractivity contribution in [2.45, 2.75) is 40.2 Å². The molecule has 1 saturated heterocycles. The molecule has 2 atom stereocenters. The summed E-state index contributed by atoms with van der Waals surface area (Å²) in [7, 11) is 0. The summed E-state index contributed by atoms with van der Waals surface area (Å²) in [5.74, 6) is 2.69. The summed E-state index contributed by atoms with van der Waals surface area (Å²) in [5, 5.41) is 3.44. The molecule has 1 aliphatic rings. The van der Waals surface area contributed by atoms with Crippen molar-refractivity contribution in [3.63, 3.8) is 0 Å². The first-order valence-corrected chi connectivity index (χ1v) is 7.59. The first-order valence-electron chi connectivity index (χ1n) is 7.59. The second-order valence-corrected chi connectivity index (χ2v) is 6.08. The van der Waals surface area contributed by atoms with Crippen molar-refractivity contribution in [1.82, 2.24) is 9.88 Å². The van der Waals surface area contributed by atoms with Crippen LogP contribution in [0.25, 0.3) is 0 Å². The third-order valence-corrected chi connectivity index (χ3v) is 3.77. The molecule has 1 aromatic heterocycles. The van der Waals surface area contributed by atoms with Gasteiger partial charge in [0.05, 0.1) is 0 Å². The smallest absolute Gasteiger partial charge is 0.130 e. The van der Waals surface area contributed by atoms with Crippen LogP contribution in [-0.2, 0) is 6.54 Å². The Morgan fingerprint density at radius 2 is 2.05 bits per heavy atom. The first-order chi connectivity index (χ1) is 9.19. The average Bonchev–Trinajstić information content (AvgIpc) is 2.36. The maximum absolute atomic E-state index is 4.48. The van der Waals surface area contributed by atoms with Crippen molar-refractivity contribution in [2.24, 2.45) is 11.8 Å². The van der Waals surface area contributed by atoms with Gasteiger partial charge in [-0.15, -0.1) is 0 Å². The summed E-state index contributed by atoms with van der Waals surface area (Å²) in [4.78, 5) is 7.06. The monoisotopic (exact) mass is 261 g/mol. The van der Waals surface area contributed by atoms with Crippen LogP contribution in [0.1, 0.15) is 39.2 Å². The molecule has 0 aliphatic carbocycles. The zero-order valence-corrected chi connectivity index (χ0v) is 12.5. The Labute approximate surface area is 117 Å². The summed E-state index contributed by atoms with van der Waals surface area (Å²) in [6.45, 7) is 11.4. The van der Waals surface area contributed by atoms with Gasteiger partial charge in [0.2, 0.25) is 0 Å². The van der Waals surface area contributed by atoms with Crippen LogP contribution in [0.3, 0.4) is 0 Å². The number of anilines is 1. The average molecular weight is 261 g/mol. The molecule has 0 aromatic carbocycles. The fourth-order valence-corrected chi connectivity index (χ4v) is 3.13. The minimum atomic E-state index is 0.812. The number of hydrogen-bond donors (Lipinski definition) is 1. The summed E-state index contributed by atoms with van der Waals surface area (Å²) in [5.41, 5.74) is 1.33. The lowest BCUT2D eigenvalue weighted by Crippen LogP contribution is -2.38. The van der Waals surface area contributed by atoms with E-state index >= 15 is 0 Å². The van der Waals surface area contributed by atoms with Crippen molar-refractivity contribution in [1.29, 1.82) is 0 Å². The Morgan fingerprint density at radius 3 is 2.74 bits per heavy atom. The normalized spacial score (nSPS) is 24.4. The second-order valence-electron chi connectivity index (χ2n) is 6.08. The Hall–Kier alpha value is -1.09. The molecule has 19 heavy (non-hydrogen) atoms. The van der Waals surface area contributed by atoms with Gasteiger partial charge in [0.25, 0.3) is 0 Å². The molecule has 106 valence electrons. The lowest BCUT2D eigenvalue weighted by molar-refractivity contribution is 0.134. The van der Waals surface area contributed by atoms with E-state index in [2.05, 4.69) is 42.0 Å². The molecule has 1 aromatic rings. The Morgan fingerprint density at radius 1 is 1.32 bits per heavy atom. The number of hydrogen-bond acceptors (Lipinski definition) is 3. The van der Waals surface area contributed by atoms with Crippen LogP contribution in [0, 0.1) is 11.8 Å². The molecule has 1 fully saturated rings. The predicted octanol–water partition coefficient (Wildman–Crippen LogP) is 3.38. The summed E-state index contributed by atoms with van der Waals surface area (Å²) in [6.07, 6.45) is 4.38. The molecule has 1 aliphatic heterocycles. The molecule has 0 amide bonds. The largest absolute Gasteiger partial charge is 0.370 e. The van der Waals surface area contributed by atoms with E-state index in [0.717, 1.165) is 37.2 Å². The Kier molecular flexibility index (Phi) is 5.20. The minimum absolute atomic E-state index is 0.812. The topological polar surface area (TPSA) is 28.2 Å². The van der Waals surface area contributed by atoms with Crippen molar-refractivity contribution in [2.75, 3.05) is 25.0 Å². The van der Waals surface area contributed by atoms with Gasteiger partial charge in [0, 0.05) is 37.9 Å². The second kappa shape index (κ2) is 6.90. The fraction of sp³-hybridized carbons (Fsp3) is 0.688. The molecule has 0 bridgehead atoms. The number of nitrogens with zero attached hydrogens (tertiary/aromatic N) is 2. The number of rotatable bonds is 5. The quantitative estimate of drug-likeness (QED) is 0.880. The summed E-state index contributed by atoms with van der Waals surface area (Å²) in [6, 6.07) is 4.25. The van der Waals surface area contributed by atoms with Crippen molar-refractivity contribution in [3.05, 3.63) is 23.9 Å². The summed E-state index contributed by atoms with van der Waals surface area (Å²) >= 11 is 0. The third-order valence-electron chi connectivity index (χ3n) is 3.77. The maximum atomic E-state index is 4.48. The zero-order chi connectivity index (χ0) is 13.7. The van der Waals surface area contributed by atoms with Crippen LogP contribution in [0.15, 0.2) is 18.3 Å². The fourth-order valence-electron chi connectivity index (χ4n) is 3.13. The molecule has 0 radical (unpaired) electrons. The van der Waals surface area contributed by atoms with Gasteiger partial charge in [0.15, 0.2) is 0 Å². The van der Waals surface area contributed by atoms with E-state index in [1.807, 2.05) is 12.3 Å². The number of aromatic nitrogens is 1. The SMILES string of the molecule is CCCNc1ncccc1CN1CC(C)CC(C)C1. The van der Waals surface area contributed by atoms with Gasteiger partial charge in [-0.25, -0.2) is 4.98 Å². The van der Waals surface area contributed by atoms with Crippen molar-refractivity contribution in [3.8, 4) is 0 Å². The van der Waals surface area contributed by atoms with Crippen LogP contribution in [0.5, 0.6) is 0 Å². The zero-order valence-electron chi connectivity index (χ0n) is 12.5. The molecule has 2 rings (SSSR count). The first kappa shape index (κ1) is 14.3. The van der Waals surface area contributed by atoms with Crippen LogP contribution < -0.4 is 5.32 Å². The molecule has 1 N–H and O–H groups in total. The lowest BCUT2D eigenvalue weighted by Gasteiger charge is -2.35. The predicted molar refractivity (Wildman–Crippen MR) is 81.2 cm³/mol. The molecule has 3 nitrogen and oxygen atoms in total. The van der Waals surface area contributed by atoms with Gasteiger partial charge in [0.1, 0.15) is 5.82 Å². The highest BCUT2D eigenvalue weighted by Gasteiger charge is 2.22. The molecule has 2 unspecified atom stereocenters. The number of piperidine rings is 1. The number of nitrogens with one attached hydrogen (secondary N) is 1. The van der Waals surface area contributed by atoms with Gasteiger partial charge in [-0.1, -0.05) is 26.8 Å². The van der Waals surface area contributed by atoms with Gasteiger partial charge in [-0.05, 0) is 30.7 Å². The van der Waals surface area contributed by atoms with Gasteiger partial charge in [-0.3, -0.25) is 4.90 Å². The van der Waals surface area contributed by atoms with Crippen molar-refractivity contribution < 1.29 is 0 Å². The molecular formula is C16H27N3. The van der Waals surface area contributed by atoms with E-state index in [1.165, 1.54) is 25.1 Å². The lowest BCUT2D eigenvalue weighted by atomic mass is 9.91. The van der Waals surface area contributed by atoms with E-state index in [4.69, 9.17) is 0 Å². The highest BCUT2D eigenvalue weighted by molar-refractivity contribution is 5.43. The van der Waals surface area contributed by atoms with E-state index in [-0.39, 0.29) is 0 Å². The molecule has 0 spiro atoms. The van der Waals surface area contributed by atoms with E-state index in [1.54, 1.807) is 0 Å². The van der Waals surface area contributed by atoms with Crippen LogP contribution in [-0.4, -0.2) is 29.5 Å². The number of pyridine rings is 1. The standard InChI is InChI=1S/C16H27N3/c1-4-7-17-16-15(6-5-8-18-16)12-19-10-13(2)9-14(3)11-19/h5-6,8,13-14H,4,7,9-12H2,1-3H3,(H,17,18). The van der Waals surface area contributed by atoms with Crippen LogP contribution in [0.2, 0.25) is 0 Å². The highest BCUT2D eigenvalue weighted by Crippen LogP contribution is 2.23. The Bertz CT molecular complexity index is 381.